The maximum atomic E-state index is 14.1. The third-order valence-corrected chi connectivity index (χ3v) is 4.69. The average molecular weight is 378 g/mol. The smallest absolute Gasteiger partial charge is 0.312 e. The molecule has 0 saturated carbocycles. The van der Waals surface area contributed by atoms with Gasteiger partial charge in [-0.05, 0) is 31.4 Å². The molecule has 1 N–H and O–H groups in total. The van der Waals surface area contributed by atoms with Crippen LogP contribution in [0.5, 0.6) is 5.75 Å². The van der Waals surface area contributed by atoms with E-state index >= 15 is 0 Å². The standard InChI is InChI=1S/C17H17ClFN5O2/c1-25-11-6-4-5-10(13(11)18)21-15-14-16(23-17(19)22-15)24(9-20-14)12-7-2-3-8-26-12/h4-6,9,12H,2-3,7-8H2,1H3,(H,21,22,23). The summed E-state index contributed by atoms with van der Waals surface area (Å²) in [5, 5.41) is 3.40. The van der Waals surface area contributed by atoms with Crippen LogP contribution in [0.25, 0.3) is 11.2 Å². The summed E-state index contributed by atoms with van der Waals surface area (Å²) >= 11 is 6.31. The second-order valence-electron chi connectivity index (χ2n) is 5.93. The zero-order valence-corrected chi connectivity index (χ0v) is 14.8. The largest absolute Gasteiger partial charge is 0.495 e. The molecule has 2 aromatic heterocycles. The van der Waals surface area contributed by atoms with E-state index in [0.29, 0.717) is 34.2 Å². The van der Waals surface area contributed by atoms with Gasteiger partial charge in [0.25, 0.3) is 0 Å². The Bertz CT molecular complexity index is 942. The van der Waals surface area contributed by atoms with Crippen molar-refractivity contribution in [3.05, 3.63) is 35.6 Å². The van der Waals surface area contributed by atoms with Gasteiger partial charge in [0, 0.05) is 6.61 Å². The van der Waals surface area contributed by atoms with Crippen LogP contribution >= 0.6 is 11.6 Å². The van der Waals surface area contributed by atoms with E-state index in [-0.39, 0.29) is 12.0 Å². The van der Waals surface area contributed by atoms with Gasteiger partial charge in [0.1, 0.15) is 17.0 Å². The predicted octanol–water partition coefficient (Wildman–Crippen LogP) is 4.07. The number of fused-ring (bicyclic) bond motifs is 1. The maximum absolute atomic E-state index is 14.1. The summed E-state index contributed by atoms with van der Waals surface area (Å²) in [6.45, 7) is 0.669. The number of anilines is 2. The number of nitrogens with one attached hydrogen (secondary N) is 1. The van der Waals surface area contributed by atoms with Crippen LogP contribution in [-0.2, 0) is 4.74 Å². The number of ether oxygens (including phenoxy) is 2. The van der Waals surface area contributed by atoms with Crippen molar-refractivity contribution in [2.45, 2.75) is 25.5 Å². The van der Waals surface area contributed by atoms with Crippen molar-refractivity contribution < 1.29 is 13.9 Å². The van der Waals surface area contributed by atoms with Crippen LogP contribution < -0.4 is 10.1 Å². The van der Waals surface area contributed by atoms with Crippen LogP contribution in [0.1, 0.15) is 25.5 Å². The number of hydrogen-bond donors (Lipinski definition) is 1. The average Bonchev–Trinajstić information content (AvgIpc) is 3.08. The number of nitrogens with zero attached hydrogens (tertiary/aromatic N) is 4. The maximum Gasteiger partial charge on any atom is 0.312 e. The highest BCUT2D eigenvalue weighted by Crippen LogP contribution is 2.35. The fraction of sp³-hybridized carbons (Fsp3) is 0.353. The van der Waals surface area contributed by atoms with Crippen molar-refractivity contribution in [1.29, 1.82) is 0 Å². The Labute approximate surface area is 154 Å². The number of benzene rings is 1. The Morgan fingerprint density at radius 1 is 1.35 bits per heavy atom. The zero-order chi connectivity index (χ0) is 18.1. The van der Waals surface area contributed by atoms with Crippen LogP contribution in [-0.4, -0.2) is 33.2 Å². The first-order valence-corrected chi connectivity index (χ1v) is 8.66. The first kappa shape index (κ1) is 17.0. The molecule has 3 heterocycles. The van der Waals surface area contributed by atoms with Crippen LogP contribution in [0.3, 0.4) is 0 Å². The minimum Gasteiger partial charge on any atom is -0.495 e. The number of halogens is 2. The molecule has 9 heteroatoms. The molecule has 26 heavy (non-hydrogen) atoms. The summed E-state index contributed by atoms with van der Waals surface area (Å²) in [5.41, 5.74) is 1.36. The second-order valence-corrected chi connectivity index (χ2v) is 6.31. The SMILES string of the molecule is COc1cccc(Nc2nc(F)nc3c2ncn3C2CCCCO2)c1Cl. The van der Waals surface area contributed by atoms with Gasteiger partial charge in [-0.15, -0.1) is 0 Å². The molecule has 1 fully saturated rings. The molecule has 3 aromatic rings. The van der Waals surface area contributed by atoms with E-state index in [4.69, 9.17) is 21.1 Å². The Hall–Kier alpha value is -2.45. The lowest BCUT2D eigenvalue weighted by molar-refractivity contribution is -0.0298. The van der Waals surface area contributed by atoms with Crippen LogP contribution in [0.15, 0.2) is 24.5 Å². The molecular formula is C17H17ClFN5O2. The van der Waals surface area contributed by atoms with Gasteiger partial charge in [0.05, 0.1) is 19.1 Å². The van der Waals surface area contributed by atoms with Crippen LogP contribution in [0, 0.1) is 6.08 Å². The highest BCUT2D eigenvalue weighted by Gasteiger charge is 2.22. The fourth-order valence-corrected chi connectivity index (χ4v) is 3.27. The minimum atomic E-state index is -0.850. The summed E-state index contributed by atoms with van der Waals surface area (Å²) in [6.07, 6.45) is 3.46. The highest BCUT2D eigenvalue weighted by molar-refractivity contribution is 6.34. The van der Waals surface area contributed by atoms with Gasteiger partial charge >= 0.3 is 6.08 Å². The molecule has 0 amide bonds. The van der Waals surface area contributed by atoms with E-state index in [1.165, 1.54) is 7.11 Å². The summed E-state index contributed by atoms with van der Waals surface area (Å²) in [4.78, 5) is 12.1. The number of imidazole rings is 1. The first-order valence-electron chi connectivity index (χ1n) is 8.28. The predicted molar refractivity (Wildman–Crippen MR) is 95.4 cm³/mol. The van der Waals surface area contributed by atoms with E-state index in [1.807, 2.05) is 0 Å². The number of rotatable bonds is 4. The second kappa shape index (κ2) is 7.05. The molecule has 0 bridgehead atoms. The Balaban J connectivity index is 1.75. The highest BCUT2D eigenvalue weighted by atomic mass is 35.5. The van der Waals surface area contributed by atoms with Crippen molar-refractivity contribution in [3.8, 4) is 5.75 Å². The van der Waals surface area contributed by atoms with Gasteiger partial charge in [-0.25, -0.2) is 4.98 Å². The van der Waals surface area contributed by atoms with Crippen LogP contribution in [0.2, 0.25) is 5.02 Å². The molecule has 0 spiro atoms. The molecule has 0 radical (unpaired) electrons. The van der Waals surface area contributed by atoms with Crippen molar-refractivity contribution in [2.24, 2.45) is 0 Å². The van der Waals surface area contributed by atoms with Crippen molar-refractivity contribution >= 4 is 34.3 Å². The first-order chi connectivity index (χ1) is 12.7. The van der Waals surface area contributed by atoms with Crippen molar-refractivity contribution in [2.75, 3.05) is 19.0 Å². The van der Waals surface area contributed by atoms with Crippen LogP contribution in [0.4, 0.5) is 15.9 Å². The third kappa shape index (κ3) is 3.06. The summed E-state index contributed by atoms with van der Waals surface area (Å²) in [5.74, 6) is 0.737. The molecule has 1 saturated heterocycles. The number of aromatic nitrogens is 4. The van der Waals surface area contributed by atoms with Crippen molar-refractivity contribution in [3.63, 3.8) is 0 Å². The molecule has 1 aliphatic heterocycles. The lowest BCUT2D eigenvalue weighted by Gasteiger charge is -2.23. The quantitative estimate of drug-likeness (QED) is 0.691. The molecule has 4 rings (SSSR count). The van der Waals surface area contributed by atoms with E-state index < -0.39 is 6.08 Å². The molecule has 7 nitrogen and oxygen atoms in total. The molecule has 1 aromatic carbocycles. The Kier molecular flexibility index (Phi) is 4.60. The fourth-order valence-electron chi connectivity index (χ4n) is 3.02. The molecule has 136 valence electrons. The number of methoxy groups -OCH3 is 1. The molecule has 1 atom stereocenters. The summed E-state index contributed by atoms with van der Waals surface area (Å²) in [7, 11) is 1.53. The van der Waals surface area contributed by atoms with Gasteiger partial charge < -0.3 is 14.8 Å². The van der Waals surface area contributed by atoms with Gasteiger partial charge in [0.15, 0.2) is 17.0 Å². The molecule has 1 unspecified atom stereocenters. The van der Waals surface area contributed by atoms with E-state index in [2.05, 4.69) is 20.3 Å². The van der Waals surface area contributed by atoms with E-state index in [9.17, 15) is 4.39 Å². The van der Waals surface area contributed by atoms with Gasteiger partial charge in [0.2, 0.25) is 0 Å². The third-order valence-electron chi connectivity index (χ3n) is 4.30. The minimum absolute atomic E-state index is 0.198. The summed E-state index contributed by atoms with van der Waals surface area (Å²) in [6, 6.07) is 5.26. The van der Waals surface area contributed by atoms with Gasteiger partial charge in [-0.2, -0.15) is 14.4 Å². The monoisotopic (exact) mass is 377 g/mol. The topological polar surface area (TPSA) is 74.1 Å². The molecule has 0 aliphatic carbocycles. The number of hydrogen-bond acceptors (Lipinski definition) is 6. The lowest BCUT2D eigenvalue weighted by atomic mass is 10.2. The van der Waals surface area contributed by atoms with Gasteiger partial charge in [-0.3, -0.25) is 4.57 Å². The van der Waals surface area contributed by atoms with E-state index in [0.717, 1.165) is 19.3 Å². The molecular weight excluding hydrogens is 361 g/mol. The molecule has 1 aliphatic rings. The lowest BCUT2D eigenvalue weighted by Crippen LogP contribution is -2.18. The zero-order valence-electron chi connectivity index (χ0n) is 14.1. The summed E-state index contributed by atoms with van der Waals surface area (Å²) < 4.78 is 26.8. The van der Waals surface area contributed by atoms with Crippen molar-refractivity contribution in [1.82, 2.24) is 19.5 Å². The van der Waals surface area contributed by atoms with E-state index in [1.54, 1.807) is 29.1 Å². The Morgan fingerprint density at radius 2 is 2.23 bits per heavy atom. The van der Waals surface area contributed by atoms with Gasteiger partial charge in [-0.1, -0.05) is 17.7 Å². The Morgan fingerprint density at radius 3 is 3.00 bits per heavy atom. The normalized spacial score (nSPS) is 17.4.